The number of unbranched alkanes of at least 4 members (excludes halogenated alkanes) is 4. The van der Waals surface area contributed by atoms with Gasteiger partial charge in [0.2, 0.25) is 0 Å². The Hall–Kier alpha value is -0.250. The molecule has 1 atom stereocenters. The van der Waals surface area contributed by atoms with E-state index >= 15 is 0 Å². The molecule has 1 fully saturated rings. The van der Waals surface area contributed by atoms with Gasteiger partial charge >= 0.3 is 6.18 Å². The normalized spacial score (nSPS) is 20.3. The van der Waals surface area contributed by atoms with Crippen molar-refractivity contribution in [1.82, 2.24) is 5.32 Å². The van der Waals surface area contributed by atoms with Gasteiger partial charge in [-0.1, -0.05) is 39.0 Å². The van der Waals surface area contributed by atoms with E-state index in [2.05, 4.69) is 12.2 Å². The fourth-order valence-electron chi connectivity index (χ4n) is 2.23. The third kappa shape index (κ3) is 4.49. The highest BCUT2D eigenvalue weighted by Gasteiger charge is 2.63. The molecule has 1 N–H and O–H groups in total. The fraction of sp³-hybridized carbons (Fsp3) is 1.00. The van der Waals surface area contributed by atoms with Crippen molar-refractivity contribution < 1.29 is 13.2 Å². The molecule has 0 aromatic heterocycles. The van der Waals surface area contributed by atoms with E-state index in [0.717, 1.165) is 19.3 Å². The molecule has 0 aromatic carbocycles. The van der Waals surface area contributed by atoms with Gasteiger partial charge in [0.15, 0.2) is 0 Å². The average Bonchev–Trinajstić information content (AvgIpc) is 2.97. The van der Waals surface area contributed by atoms with E-state index in [1.54, 1.807) is 0 Å². The van der Waals surface area contributed by atoms with Crippen LogP contribution in [-0.4, -0.2) is 17.8 Å². The highest BCUT2D eigenvalue weighted by Crippen LogP contribution is 2.49. The summed E-state index contributed by atoms with van der Waals surface area (Å²) >= 11 is 0. The monoisotopic (exact) mass is 251 g/mol. The lowest BCUT2D eigenvalue weighted by molar-refractivity contribution is -0.167. The first-order valence-electron chi connectivity index (χ1n) is 6.76. The van der Waals surface area contributed by atoms with Crippen LogP contribution in [0.25, 0.3) is 0 Å². The summed E-state index contributed by atoms with van der Waals surface area (Å²) in [6, 6.07) is -0.0271. The van der Waals surface area contributed by atoms with Crippen molar-refractivity contribution in [1.29, 1.82) is 0 Å². The summed E-state index contributed by atoms with van der Waals surface area (Å²) in [6.07, 6.45) is 3.06. The first-order valence-corrected chi connectivity index (χ1v) is 6.76. The van der Waals surface area contributed by atoms with E-state index in [-0.39, 0.29) is 18.9 Å². The molecule has 0 aromatic rings. The van der Waals surface area contributed by atoms with Gasteiger partial charge in [0.05, 0.1) is 0 Å². The second-order valence-electron chi connectivity index (χ2n) is 5.33. The minimum atomic E-state index is -4.08. The Morgan fingerprint density at radius 2 is 1.71 bits per heavy atom. The van der Waals surface area contributed by atoms with Crippen molar-refractivity contribution in [2.45, 2.75) is 83.0 Å². The second-order valence-corrected chi connectivity index (χ2v) is 5.33. The maximum absolute atomic E-state index is 12.7. The molecule has 0 spiro atoms. The zero-order valence-corrected chi connectivity index (χ0v) is 10.9. The molecule has 1 saturated carbocycles. The molecule has 1 nitrogen and oxygen atoms in total. The lowest BCUT2D eigenvalue weighted by Crippen LogP contribution is -2.48. The van der Waals surface area contributed by atoms with Gasteiger partial charge in [0, 0.05) is 6.04 Å². The number of halogens is 3. The molecule has 1 rings (SSSR count). The van der Waals surface area contributed by atoms with Crippen molar-refractivity contribution in [3.63, 3.8) is 0 Å². The smallest absolute Gasteiger partial charge is 0.301 e. The number of hydrogen-bond acceptors (Lipinski definition) is 1. The molecule has 0 heterocycles. The van der Waals surface area contributed by atoms with Crippen LogP contribution in [0.2, 0.25) is 0 Å². The molecule has 1 unspecified atom stereocenters. The zero-order valence-electron chi connectivity index (χ0n) is 10.9. The molecular weight excluding hydrogens is 227 g/mol. The van der Waals surface area contributed by atoms with Gasteiger partial charge in [-0.2, -0.15) is 13.2 Å². The predicted molar refractivity (Wildman–Crippen MR) is 64.0 cm³/mol. The maximum atomic E-state index is 12.7. The van der Waals surface area contributed by atoms with Gasteiger partial charge in [0.25, 0.3) is 0 Å². The van der Waals surface area contributed by atoms with Crippen LogP contribution in [0.1, 0.15) is 65.2 Å². The van der Waals surface area contributed by atoms with Gasteiger partial charge < -0.3 is 5.32 Å². The van der Waals surface area contributed by atoms with Crippen LogP contribution >= 0.6 is 0 Å². The molecule has 102 valence electrons. The molecule has 0 amide bonds. The van der Waals surface area contributed by atoms with Gasteiger partial charge in [-0.3, -0.25) is 0 Å². The second kappa shape index (κ2) is 6.07. The van der Waals surface area contributed by atoms with E-state index in [9.17, 15) is 13.2 Å². The minimum absolute atomic E-state index is 0.0271. The van der Waals surface area contributed by atoms with Gasteiger partial charge in [0.1, 0.15) is 5.54 Å². The first kappa shape index (κ1) is 14.8. The first-order chi connectivity index (χ1) is 7.91. The Morgan fingerprint density at radius 1 is 1.12 bits per heavy atom. The Labute approximate surface area is 102 Å². The summed E-state index contributed by atoms with van der Waals surface area (Å²) in [6.45, 7) is 4.02. The van der Waals surface area contributed by atoms with Gasteiger partial charge in [-0.25, -0.2) is 0 Å². The van der Waals surface area contributed by atoms with Crippen LogP contribution in [0, 0.1) is 0 Å². The Kier molecular flexibility index (Phi) is 5.29. The highest BCUT2D eigenvalue weighted by molar-refractivity contribution is 5.08. The van der Waals surface area contributed by atoms with Crippen molar-refractivity contribution in [2.75, 3.05) is 0 Å². The van der Waals surface area contributed by atoms with Crippen molar-refractivity contribution in [2.24, 2.45) is 0 Å². The van der Waals surface area contributed by atoms with E-state index in [1.807, 2.05) is 6.92 Å². The molecule has 0 saturated heterocycles. The number of rotatable bonds is 8. The number of alkyl halides is 3. The molecular formula is C13H24F3N. The lowest BCUT2D eigenvalue weighted by atomic mass is 10.1. The van der Waals surface area contributed by atoms with Gasteiger partial charge in [-0.15, -0.1) is 0 Å². The largest absolute Gasteiger partial charge is 0.406 e. The molecule has 0 radical (unpaired) electrons. The van der Waals surface area contributed by atoms with E-state index in [4.69, 9.17) is 0 Å². The standard InChI is InChI=1S/C13H24F3N/c1-3-4-5-6-7-8-11(2)17-12(9-10-12)13(14,15)16/h11,17H,3-10H2,1-2H3. The maximum Gasteiger partial charge on any atom is 0.406 e. The minimum Gasteiger partial charge on any atom is -0.301 e. The van der Waals surface area contributed by atoms with Crippen LogP contribution in [0.15, 0.2) is 0 Å². The third-order valence-electron chi connectivity index (χ3n) is 3.56. The third-order valence-corrected chi connectivity index (χ3v) is 3.56. The Morgan fingerprint density at radius 3 is 2.18 bits per heavy atom. The summed E-state index contributed by atoms with van der Waals surface area (Å²) < 4.78 is 38.0. The SMILES string of the molecule is CCCCCCCC(C)NC1(C(F)(F)F)CC1. The van der Waals surface area contributed by atoms with Crippen LogP contribution in [0.5, 0.6) is 0 Å². The molecule has 17 heavy (non-hydrogen) atoms. The predicted octanol–water partition coefficient (Wildman–Crippen LogP) is 4.42. The average molecular weight is 251 g/mol. The Bertz CT molecular complexity index is 221. The van der Waals surface area contributed by atoms with Crippen LogP contribution in [0.3, 0.4) is 0 Å². The van der Waals surface area contributed by atoms with Crippen LogP contribution in [0.4, 0.5) is 13.2 Å². The summed E-state index contributed by atoms with van der Waals surface area (Å²) in [5, 5.41) is 2.77. The topological polar surface area (TPSA) is 12.0 Å². The lowest BCUT2D eigenvalue weighted by Gasteiger charge is -2.25. The number of nitrogens with one attached hydrogen (secondary N) is 1. The van der Waals surface area contributed by atoms with Gasteiger partial charge in [-0.05, 0) is 26.2 Å². The van der Waals surface area contributed by atoms with Crippen molar-refractivity contribution in [3.05, 3.63) is 0 Å². The van der Waals surface area contributed by atoms with E-state index in [1.165, 1.54) is 19.3 Å². The Balaban J connectivity index is 2.15. The van der Waals surface area contributed by atoms with Crippen LogP contribution in [-0.2, 0) is 0 Å². The number of hydrogen-bond donors (Lipinski definition) is 1. The van der Waals surface area contributed by atoms with Crippen molar-refractivity contribution >= 4 is 0 Å². The molecule has 4 heteroatoms. The fourth-order valence-corrected chi connectivity index (χ4v) is 2.23. The summed E-state index contributed by atoms with van der Waals surface area (Å²) in [5.74, 6) is 0. The van der Waals surface area contributed by atoms with Crippen LogP contribution < -0.4 is 5.32 Å². The highest BCUT2D eigenvalue weighted by atomic mass is 19.4. The molecule has 1 aliphatic rings. The summed E-state index contributed by atoms with van der Waals surface area (Å²) in [4.78, 5) is 0. The molecule has 1 aliphatic carbocycles. The van der Waals surface area contributed by atoms with Crippen molar-refractivity contribution in [3.8, 4) is 0 Å². The van der Waals surface area contributed by atoms with E-state index < -0.39 is 11.7 Å². The van der Waals surface area contributed by atoms with E-state index in [0.29, 0.717) is 0 Å². The quantitative estimate of drug-likeness (QED) is 0.630. The molecule has 0 aliphatic heterocycles. The summed E-state index contributed by atoms with van der Waals surface area (Å²) in [5.41, 5.74) is -1.55. The zero-order chi connectivity index (χ0) is 12.9. The summed E-state index contributed by atoms with van der Waals surface area (Å²) in [7, 11) is 0. The molecule has 0 bridgehead atoms.